The van der Waals surface area contributed by atoms with E-state index in [9.17, 15) is 13.2 Å². The molecule has 0 N–H and O–H groups in total. The molecule has 0 aliphatic carbocycles. The lowest BCUT2D eigenvalue weighted by Crippen LogP contribution is -2.46. The van der Waals surface area contributed by atoms with Crippen LogP contribution < -0.4 is 4.74 Å². The highest BCUT2D eigenvalue weighted by Crippen LogP contribution is 2.38. The third-order valence-electron chi connectivity index (χ3n) is 6.77. The molecule has 0 aromatic heterocycles. The molecule has 7 nitrogen and oxygen atoms in total. The number of ether oxygens (including phenoxy) is 3. The van der Waals surface area contributed by atoms with E-state index >= 15 is 0 Å². The van der Waals surface area contributed by atoms with Gasteiger partial charge in [-0.05, 0) is 67.9 Å². The lowest BCUT2D eigenvalue weighted by molar-refractivity contribution is -0.137. The van der Waals surface area contributed by atoms with E-state index < -0.39 is 30.2 Å². The van der Waals surface area contributed by atoms with Crippen molar-refractivity contribution in [3.05, 3.63) is 71.8 Å². The summed E-state index contributed by atoms with van der Waals surface area (Å²) in [7, 11) is -4.12. The Morgan fingerprint density at radius 3 is 2.18 bits per heavy atom. The molecule has 0 amide bonds. The van der Waals surface area contributed by atoms with Gasteiger partial charge in [0.15, 0.2) is 18.2 Å². The van der Waals surface area contributed by atoms with Gasteiger partial charge in [0, 0.05) is 6.08 Å². The van der Waals surface area contributed by atoms with Crippen molar-refractivity contribution < 1.29 is 31.8 Å². The third kappa shape index (κ3) is 9.69. The Balaban J connectivity index is 2.03. The fourth-order valence-corrected chi connectivity index (χ4v) is 5.58. The van der Waals surface area contributed by atoms with Gasteiger partial charge in [0.05, 0.1) is 36.6 Å². The van der Waals surface area contributed by atoms with Gasteiger partial charge in [-0.25, -0.2) is 13.2 Å². The summed E-state index contributed by atoms with van der Waals surface area (Å²) in [6, 6.07) is 14.2. The van der Waals surface area contributed by atoms with Crippen molar-refractivity contribution in [3.63, 3.8) is 0 Å². The number of hydrogen-bond acceptors (Lipinski definition) is 7. The number of rotatable bonds is 13. The zero-order valence-electron chi connectivity index (χ0n) is 23.8. The van der Waals surface area contributed by atoms with E-state index in [0.29, 0.717) is 6.61 Å². The van der Waals surface area contributed by atoms with Crippen molar-refractivity contribution >= 4 is 24.1 Å². The number of sulfone groups is 1. The number of aryl methyl sites for hydroxylation is 1. The molecule has 2 aromatic carbocycles. The van der Waals surface area contributed by atoms with Crippen molar-refractivity contribution in [1.82, 2.24) is 0 Å². The molecule has 0 bridgehead atoms. The minimum Gasteiger partial charge on any atom is -0.497 e. The van der Waals surface area contributed by atoms with E-state index in [0.717, 1.165) is 16.9 Å². The topological polar surface area (TPSA) is 88.1 Å². The van der Waals surface area contributed by atoms with Crippen molar-refractivity contribution in [2.75, 3.05) is 19.5 Å². The van der Waals surface area contributed by atoms with E-state index in [1.807, 2.05) is 38.1 Å². The molecule has 2 rings (SSSR count). The van der Waals surface area contributed by atoms with Crippen molar-refractivity contribution in [2.24, 2.45) is 0 Å². The first-order valence-corrected chi connectivity index (χ1v) is 17.3. The number of carbonyl (C=O) groups excluding carboxylic acids is 1. The SMILES string of the molecule is COc1ccc(CO[C@@H](C)[C@@H](/C=C\C(=O)OCCS(=O)(=O)c2ccc(C)cc2)O[Si](C)(C)C(C)(C)C)cc1. The van der Waals surface area contributed by atoms with Gasteiger partial charge in [-0.1, -0.05) is 50.6 Å². The number of methoxy groups -OCH3 is 1. The fraction of sp³-hybridized carbons (Fsp3) is 0.483. The number of benzene rings is 2. The summed E-state index contributed by atoms with van der Waals surface area (Å²) in [6.07, 6.45) is 2.11. The molecule has 0 spiro atoms. The molecule has 2 atom stereocenters. The molecule has 38 heavy (non-hydrogen) atoms. The lowest BCUT2D eigenvalue weighted by Gasteiger charge is -2.40. The zero-order valence-corrected chi connectivity index (χ0v) is 25.6. The largest absolute Gasteiger partial charge is 0.497 e. The average molecular weight is 563 g/mol. The normalized spacial score (nSPS) is 14.3. The van der Waals surface area contributed by atoms with Crippen LogP contribution >= 0.6 is 0 Å². The number of carbonyl (C=O) groups is 1. The Labute approximate surface area is 229 Å². The Morgan fingerprint density at radius 1 is 1.03 bits per heavy atom. The molecule has 0 unspecified atom stereocenters. The van der Waals surface area contributed by atoms with Crippen LogP contribution in [0.1, 0.15) is 38.8 Å². The van der Waals surface area contributed by atoms with Crippen LogP contribution in [0.25, 0.3) is 0 Å². The van der Waals surface area contributed by atoms with E-state index in [2.05, 4.69) is 33.9 Å². The zero-order chi connectivity index (χ0) is 28.6. The number of hydrogen-bond donors (Lipinski definition) is 0. The Hall–Kier alpha value is -2.46. The van der Waals surface area contributed by atoms with Crippen LogP contribution in [0.15, 0.2) is 65.6 Å². The summed E-state index contributed by atoms with van der Waals surface area (Å²) in [6.45, 7) is 14.6. The monoisotopic (exact) mass is 562 g/mol. The van der Waals surface area contributed by atoms with Gasteiger partial charge in [-0.2, -0.15) is 0 Å². The summed E-state index contributed by atoms with van der Waals surface area (Å²) in [4.78, 5) is 12.6. The minimum absolute atomic E-state index is 0.0420. The van der Waals surface area contributed by atoms with Crippen LogP contribution in [0.3, 0.4) is 0 Å². The van der Waals surface area contributed by atoms with Crippen LogP contribution in [0, 0.1) is 6.92 Å². The molecule has 0 fully saturated rings. The summed E-state index contributed by atoms with van der Waals surface area (Å²) in [5.41, 5.74) is 1.96. The standard InChI is InChI=1S/C29H42O7SSi/c1-22-9-15-26(16-10-22)37(31,32)20-19-34-28(30)18-17-27(36-38(7,8)29(3,4)5)23(2)35-21-24-11-13-25(33-6)14-12-24/h9-18,23,27H,19-21H2,1-8H3/b18-17-/t23-,27+/m0/s1. The molecule has 9 heteroatoms. The van der Waals surface area contributed by atoms with Gasteiger partial charge < -0.3 is 18.6 Å². The maximum Gasteiger partial charge on any atom is 0.330 e. The van der Waals surface area contributed by atoms with E-state index in [4.69, 9.17) is 18.6 Å². The van der Waals surface area contributed by atoms with Crippen molar-refractivity contribution in [3.8, 4) is 5.75 Å². The van der Waals surface area contributed by atoms with Crippen molar-refractivity contribution in [1.29, 1.82) is 0 Å². The Morgan fingerprint density at radius 2 is 1.63 bits per heavy atom. The molecule has 0 saturated carbocycles. The molecule has 2 aromatic rings. The van der Waals surface area contributed by atoms with Gasteiger partial charge in [-0.3, -0.25) is 0 Å². The molecule has 0 radical (unpaired) electrons. The minimum atomic E-state index is -3.54. The molecular formula is C29H42O7SSi. The predicted octanol–water partition coefficient (Wildman–Crippen LogP) is 5.87. The Kier molecular flexibility index (Phi) is 11.3. The summed E-state index contributed by atoms with van der Waals surface area (Å²) in [5, 5.41) is -0.0420. The predicted molar refractivity (Wildman–Crippen MR) is 153 cm³/mol. The lowest BCUT2D eigenvalue weighted by atomic mass is 10.2. The van der Waals surface area contributed by atoms with Crippen LogP contribution in [-0.4, -0.2) is 54.4 Å². The maximum absolute atomic E-state index is 12.5. The third-order valence-corrected chi connectivity index (χ3v) is 12.9. The highest BCUT2D eigenvalue weighted by molar-refractivity contribution is 7.91. The van der Waals surface area contributed by atoms with Crippen LogP contribution in [-0.2, 0) is 35.1 Å². The maximum atomic E-state index is 12.5. The van der Waals surface area contributed by atoms with Gasteiger partial charge in [0.1, 0.15) is 12.4 Å². The van der Waals surface area contributed by atoms with Gasteiger partial charge >= 0.3 is 5.97 Å². The highest BCUT2D eigenvalue weighted by Gasteiger charge is 2.40. The van der Waals surface area contributed by atoms with Crippen molar-refractivity contribution in [2.45, 2.75) is 76.5 Å². The summed E-state index contributed by atoms with van der Waals surface area (Å²) in [5.74, 6) is -0.148. The van der Waals surface area contributed by atoms with Gasteiger partial charge in [-0.15, -0.1) is 0 Å². The van der Waals surface area contributed by atoms with E-state index in [1.54, 1.807) is 37.5 Å². The van der Waals surface area contributed by atoms with E-state index in [1.165, 1.54) is 6.08 Å². The first kappa shape index (κ1) is 31.8. The second kappa shape index (κ2) is 13.6. The Bertz CT molecular complexity index is 1160. The molecule has 0 aliphatic rings. The average Bonchev–Trinajstić information content (AvgIpc) is 2.84. The summed E-state index contributed by atoms with van der Waals surface area (Å²) >= 11 is 0. The molecule has 0 aliphatic heterocycles. The second-order valence-electron chi connectivity index (χ2n) is 10.9. The van der Waals surface area contributed by atoms with Gasteiger partial charge in [0.25, 0.3) is 0 Å². The first-order valence-electron chi connectivity index (χ1n) is 12.7. The van der Waals surface area contributed by atoms with Crippen LogP contribution in [0.2, 0.25) is 18.1 Å². The quantitative estimate of drug-likeness (QED) is 0.171. The van der Waals surface area contributed by atoms with Crippen LogP contribution in [0.4, 0.5) is 0 Å². The molecule has 0 saturated heterocycles. The molecular weight excluding hydrogens is 520 g/mol. The smallest absolute Gasteiger partial charge is 0.330 e. The number of esters is 1. The molecule has 0 heterocycles. The fourth-order valence-electron chi connectivity index (χ4n) is 3.19. The van der Waals surface area contributed by atoms with Gasteiger partial charge in [0.2, 0.25) is 0 Å². The van der Waals surface area contributed by atoms with E-state index in [-0.39, 0.29) is 28.4 Å². The highest BCUT2D eigenvalue weighted by atomic mass is 32.2. The van der Waals surface area contributed by atoms with Crippen LogP contribution in [0.5, 0.6) is 5.75 Å². The molecule has 210 valence electrons. The first-order chi connectivity index (χ1) is 17.6. The second-order valence-corrected chi connectivity index (χ2v) is 17.7. The summed E-state index contributed by atoms with van der Waals surface area (Å²) < 4.78 is 48.1.